The lowest BCUT2D eigenvalue weighted by atomic mass is 9.75. The predicted octanol–water partition coefficient (Wildman–Crippen LogP) is 8.67. The average Bonchev–Trinajstić information content (AvgIpc) is 3.45. The smallest absolute Gasteiger partial charge is 0.412 e. The topological polar surface area (TPSA) is 100 Å². The van der Waals surface area contributed by atoms with E-state index in [1.807, 2.05) is 96.1 Å². The molecule has 1 aliphatic rings. The maximum Gasteiger partial charge on any atom is 0.412 e. The molecule has 3 aromatic carbocycles. The van der Waals surface area contributed by atoms with Gasteiger partial charge in [0.05, 0.1) is 0 Å². The van der Waals surface area contributed by atoms with Crippen molar-refractivity contribution in [3.8, 4) is 0 Å². The lowest BCUT2D eigenvalue weighted by molar-refractivity contribution is -0.168. The van der Waals surface area contributed by atoms with Crippen molar-refractivity contribution in [2.75, 3.05) is 13.2 Å². The highest BCUT2D eigenvalue weighted by Crippen LogP contribution is 2.50. The van der Waals surface area contributed by atoms with E-state index in [2.05, 4.69) is 70.3 Å². The number of likely N-dealkylation sites (tertiary alicyclic amines) is 1. The van der Waals surface area contributed by atoms with Crippen LogP contribution in [0, 0.1) is 17.3 Å². The van der Waals surface area contributed by atoms with Gasteiger partial charge >= 0.3 is 12.1 Å². The summed E-state index contributed by atoms with van der Waals surface area (Å²) in [5.41, 5.74) is 6.03. The summed E-state index contributed by atoms with van der Waals surface area (Å²) in [5, 5.41) is 0. The standard InChI is InChI=1S/C43H62N2O6Si/c1-39(2,3)34-29-42(51-52(10)11,45(30-34)38(47)50-41(7,8)9)35(36(44)37(46)49-40(4,5)6)27-28-48-43(31-21-15-12-16-22-31,32-23-17-13-18-24-32)33-25-19-14-20-26-33/h12-26,34-36,52H,27-30,44H2,1-11H3/t34-,35?,36?,42+/m1/s1. The summed E-state index contributed by atoms with van der Waals surface area (Å²) in [5.74, 6) is -1.20. The Morgan fingerprint density at radius 1 is 0.769 bits per heavy atom. The maximum absolute atomic E-state index is 14.3. The minimum atomic E-state index is -1.89. The van der Waals surface area contributed by atoms with Crippen LogP contribution >= 0.6 is 0 Å². The van der Waals surface area contributed by atoms with Gasteiger partial charge in [0.1, 0.15) is 28.6 Å². The van der Waals surface area contributed by atoms with Crippen LogP contribution in [0.25, 0.3) is 0 Å². The lowest BCUT2D eigenvalue weighted by Crippen LogP contribution is -2.62. The van der Waals surface area contributed by atoms with Gasteiger partial charge in [0.25, 0.3) is 0 Å². The molecule has 1 aliphatic heterocycles. The lowest BCUT2D eigenvalue weighted by Gasteiger charge is -2.47. The zero-order valence-electron chi connectivity index (χ0n) is 33.3. The fourth-order valence-corrected chi connectivity index (χ4v) is 8.53. The van der Waals surface area contributed by atoms with E-state index in [1.54, 1.807) is 4.90 Å². The fourth-order valence-electron chi connectivity index (χ4n) is 7.31. The number of nitrogens with zero attached hydrogens (tertiary/aromatic N) is 1. The molecule has 0 aliphatic carbocycles. The van der Waals surface area contributed by atoms with Crippen molar-refractivity contribution in [1.29, 1.82) is 0 Å². The quantitative estimate of drug-likeness (QED) is 0.113. The van der Waals surface area contributed by atoms with Crippen LogP contribution in [-0.2, 0) is 29.0 Å². The highest BCUT2D eigenvalue weighted by molar-refractivity contribution is 6.48. The first-order chi connectivity index (χ1) is 24.2. The number of benzene rings is 3. The number of hydrogen-bond acceptors (Lipinski definition) is 7. The van der Waals surface area contributed by atoms with Crippen molar-refractivity contribution in [2.45, 2.75) is 117 Å². The van der Waals surface area contributed by atoms with Crippen LogP contribution in [0.1, 0.15) is 91.8 Å². The van der Waals surface area contributed by atoms with E-state index in [4.69, 9.17) is 24.4 Å². The summed E-state index contributed by atoms with van der Waals surface area (Å²) in [6.45, 7) is 22.3. The molecule has 8 nitrogen and oxygen atoms in total. The van der Waals surface area contributed by atoms with Crippen LogP contribution in [0.4, 0.5) is 4.79 Å². The molecular weight excluding hydrogens is 669 g/mol. The van der Waals surface area contributed by atoms with Crippen molar-refractivity contribution in [3.63, 3.8) is 0 Å². The number of hydrogen-bond donors (Lipinski definition) is 1. The van der Waals surface area contributed by atoms with E-state index < -0.39 is 55.6 Å². The summed E-state index contributed by atoms with van der Waals surface area (Å²) in [4.78, 5) is 30.1. The number of nitrogens with two attached hydrogens (primary N) is 1. The van der Waals surface area contributed by atoms with E-state index in [0.29, 0.717) is 19.4 Å². The average molecular weight is 731 g/mol. The molecule has 0 spiro atoms. The van der Waals surface area contributed by atoms with Crippen LogP contribution in [0.3, 0.4) is 0 Å². The van der Waals surface area contributed by atoms with Gasteiger partial charge in [-0.15, -0.1) is 0 Å². The van der Waals surface area contributed by atoms with Crippen LogP contribution in [0.2, 0.25) is 13.1 Å². The molecule has 0 radical (unpaired) electrons. The molecule has 284 valence electrons. The molecule has 1 fully saturated rings. The molecule has 52 heavy (non-hydrogen) atoms. The predicted molar refractivity (Wildman–Crippen MR) is 210 cm³/mol. The van der Waals surface area contributed by atoms with Gasteiger partial charge in [-0.3, -0.25) is 9.69 Å². The van der Waals surface area contributed by atoms with E-state index in [-0.39, 0.29) is 17.9 Å². The Morgan fingerprint density at radius 3 is 1.60 bits per heavy atom. The first-order valence-corrected chi connectivity index (χ1v) is 21.4. The Labute approximate surface area is 314 Å². The van der Waals surface area contributed by atoms with E-state index in [0.717, 1.165) is 16.7 Å². The molecule has 2 N–H and O–H groups in total. The summed E-state index contributed by atoms with van der Waals surface area (Å²) in [6, 6.07) is 29.4. The number of ether oxygens (including phenoxy) is 3. The largest absolute Gasteiger partial charge is 0.459 e. The molecule has 1 amide bonds. The fraction of sp³-hybridized carbons (Fsp3) is 0.535. The first-order valence-electron chi connectivity index (χ1n) is 18.7. The van der Waals surface area contributed by atoms with Gasteiger partial charge in [0.15, 0.2) is 9.04 Å². The second-order valence-corrected chi connectivity index (χ2v) is 19.8. The van der Waals surface area contributed by atoms with Gasteiger partial charge in [-0.1, -0.05) is 112 Å². The Balaban J connectivity index is 1.89. The van der Waals surface area contributed by atoms with Crippen LogP contribution in [0.5, 0.6) is 0 Å². The Kier molecular flexibility index (Phi) is 12.9. The number of amides is 1. The summed E-state index contributed by atoms with van der Waals surface area (Å²) >= 11 is 0. The molecule has 3 aromatic rings. The zero-order valence-corrected chi connectivity index (χ0v) is 34.4. The summed E-state index contributed by atoms with van der Waals surface area (Å²) < 4.78 is 26.3. The van der Waals surface area contributed by atoms with E-state index in [9.17, 15) is 9.59 Å². The third-order valence-corrected chi connectivity index (χ3v) is 10.5. The van der Waals surface area contributed by atoms with Gasteiger partial charge in [0, 0.05) is 19.1 Å². The van der Waals surface area contributed by atoms with Gasteiger partial charge in [-0.25, -0.2) is 4.79 Å². The molecule has 0 bridgehead atoms. The van der Waals surface area contributed by atoms with Crippen molar-refractivity contribution in [3.05, 3.63) is 108 Å². The Hall–Kier alpha value is -3.50. The minimum Gasteiger partial charge on any atom is -0.459 e. The Bertz CT molecular complexity index is 1500. The van der Waals surface area contributed by atoms with Crippen LogP contribution in [-0.4, -0.2) is 62.1 Å². The van der Waals surface area contributed by atoms with Crippen molar-refractivity contribution in [1.82, 2.24) is 4.90 Å². The second kappa shape index (κ2) is 16.2. The first kappa shape index (κ1) is 41.3. The normalized spacial score (nSPS) is 19.7. The number of carbonyl (C=O) groups is 2. The molecular formula is C43H62N2O6Si. The molecule has 9 heteroatoms. The molecule has 4 rings (SSSR count). The summed E-state index contributed by atoms with van der Waals surface area (Å²) in [7, 11) is -1.89. The van der Waals surface area contributed by atoms with E-state index in [1.165, 1.54) is 0 Å². The third-order valence-electron chi connectivity index (χ3n) is 9.66. The molecule has 1 saturated heterocycles. The zero-order chi connectivity index (χ0) is 38.5. The van der Waals surface area contributed by atoms with Crippen molar-refractivity contribution < 1.29 is 28.2 Å². The number of esters is 1. The monoisotopic (exact) mass is 730 g/mol. The van der Waals surface area contributed by atoms with Crippen molar-refractivity contribution in [2.24, 2.45) is 23.0 Å². The van der Waals surface area contributed by atoms with Gasteiger partial charge in [-0.2, -0.15) is 0 Å². The molecule has 4 atom stereocenters. The Morgan fingerprint density at radius 2 is 1.21 bits per heavy atom. The van der Waals surface area contributed by atoms with Gasteiger partial charge in [-0.05, 0) is 95.5 Å². The van der Waals surface area contributed by atoms with E-state index >= 15 is 0 Å². The van der Waals surface area contributed by atoms with Gasteiger partial charge in [0.2, 0.25) is 0 Å². The molecule has 1 heterocycles. The van der Waals surface area contributed by atoms with Crippen LogP contribution in [0.15, 0.2) is 91.0 Å². The minimum absolute atomic E-state index is 0.0408. The summed E-state index contributed by atoms with van der Waals surface area (Å²) in [6.07, 6.45) is 0.304. The number of rotatable bonds is 12. The van der Waals surface area contributed by atoms with Crippen LogP contribution < -0.4 is 5.73 Å². The molecule has 0 aromatic heterocycles. The second-order valence-electron chi connectivity index (χ2n) is 17.5. The highest BCUT2D eigenvalue weighted by Gasteiger charge is 2.59. The molecule has 0 saturated carbocycles. The highest BCUT2D eigenvalue weighted by atomic mass is 28.3. The maximum atomic E-state index is 14.3. The number of carbonyl (C=O) groups excluding carboxylic acids is 2. The SMILES string of the molecule is C[SiH](C)O[C@]1(C(CCOC(c2ccccc2)(c2ccccc2)c2ccccc2)C(N)C(=O)OC(C)(C)C)C[C@@H](C(C)(C)C)CN1C(=O)OC(C)(C)C. The molecule has 2 unspecified atom stereocenters. The van der Waals surface area contributed by atoms with Gasteiger partial charge < -0.3 is 24.4 Å². The third kappa shape index (κ3) is 9.72. The van der Waals surface area contributed by atoms with Crippen molar-refractivity contribution >= 4 is 21.1 Å².